The number of carbonyl (C=O) groups excluding carboxylic acids is 3. The van der Waals surface area contributed by atoms with Gasteiger partial charge in [0.1, 0.15) is 0 Å². The van der Waals surface area contributed by atoms with E-state index in [4.69, 9.17) is 4.84 Å². The third-order valence-corrected chi connectivity index (χ3v) is 9.30. The Bertz CT molecular complexity index is 1540. The second kappa shape index (κ2) is 11.6. The van der Waals surface area contributed by atoms with E-state index in [9.17, 15) is 27.9 Å². The summed E-state index contributed by atoms with van der Waals surface area (Å²) in [5.41, 5.74) is 3.75. The summed E-state index contributed by atoms with van der Waals surface area (Å²) >= 11 is 0. The molecule has 0 unspecified atom stereocenters. The Morgan fingerprint density at radius 2 is 2.05 bits per heavy atom. The van der Waals surface area contributed by atoms with Gasteiger partial charge in [-0.3, -0.25) is 9.36 Å². The number of carbonyl (C=O) groups is 3. The van der Waals surface area contributed by atoms with Crippen molar-refractivity contribution in [2.45, 2.75) is 50.3 Å². The van der Waals surface area contributed by atoms with Gasteiger partial charge in [0.2, 0.25) is 0 Å². The van der Waals surface area contributed by atoms with Crippen LogP contribution < -0.4 is 5.48 Å². The fourth-order valence-electron chi connectivity index (χ4n) is 4.11. The molecule has 2 N–H and O–H groups in total. The van der Waals surface area contributed by atoms with Crippen molar-refractivity contribution < 1.29 is 32.7 Å². The fourth-order valence-corrected chi connectivity index (χ4v) is 4.95. The number of aliphatic hydroxyl groups excluding tert-OH is 1. The minimum atomic E-state index is -3.96. The molecule has 1 saturated carbocycles. The number of benzene rings is 1. The Kier molecular flexibility index (Phi) is 8.38. The van der Waals surface area contributed by atoms with Crippen LogP contribution in [0.15, 0.2) is 36.5 Å². The minimum Gasteiger partial charge on any atom is -0.395 e. The first kappa shape index (κ1) is 28.9. The van der Waals surface area contributed by atoms with Gasteiger partial charge in [-0.1, -0.05) is 36.1 Å². The summed E-state index contributed by atoms with van der Waals surface area (Å²) < 4.78 is 24.7. The van der Waals surface area contributed by atoms with Gasteiger partial charge in [0.05, 0.1) is 25.0 Å². The van der Waals surface area contributed by atoms with Crippen molar-refractivity contribution in [3.63, 3.8) is 0 Å². The highest BCUT2D eigenvalue weighted by molar-refractivity contribution is 7.92. The molecule has 2 aromatic rings. The van der Waals surface area contributed by atoms with E-state index in [1.165, 1.54) is 16.4 Å². The molecule has 2 amide bonds. The van der Waals surface area contributed by atoms with E-state index in [0.717, 1.165) is 24.7 Å². The summed E-state index contributed by atoms with van der Waals surface area (Å²) in [6.07, 6.45) is 4.35. The molecule has 0 saturated heterocycles. The third-order valence-electron chi connectivity index (χ3n) is 7.27. The van der Waals surface area contributed by atoms with Crippen LogP contribution in [0.5, 0.6) is 0 Å². The highest BCUT2D eigenvalue weighted by atomic mass is 32.2. The first-order valence-corrected chi connectivity index (χ1v) is 14.7. The molecule has 1 fully saturated rings. The number of rotatable bonds is 9. The van der Waals surface area contributed by atoms with E-state index in [1.807, 2.05) is 11.5 Å². The van der Waals surface area contributed by atoms with E-state index < -0.39 is 26.5 Å². The van der Waals surface area contributed by atoms with Gasteiger partial charge in [-0.05, 0) is 62.1 Å². The molecule has 1 radical (unpaired) electrons. The van der Waals surface area contributed by atoms with Crippen molar-refractivity contribution in [2.75, 3.05) is 19.4 Å². The predicted molar refractivity (Wildman–Crippen MR) is 145 cm³/mol. The predicted octanol–water partition coefficient (Wildman–Crippen LogP) is 1.60. The molecule has 10 nitrogen and oxygen atoms in total. The van der Waals surface area contributed by atoms with Crippen LogP contribution in [0.3, 0.4) is 0 Å². The monoisotopic (exact) mass is 564 g/mol. The summed E-state index contributed by atoms with van der Waals surface area (Å²) in [5, 5.41) is 9.31. The van der Waals surface area contributed by atoms with Crippen LogP contribution in [-0.2, 0) is 37.2 Å². The third kappa shape index (κ3) is 6.56. The topological polar surface area (TPSA) is 135 Å². The zero-order valence-electron chi connectivity index (χ0n) is 22.3. The van der Waals surface area contributed by atoms with Crippen molar-refractivity contribution in [3.05, 3.63) is 59.4 Å². The zero-order chi connectivity index (χ0) is 29.0. The smallest absolute Gasteiger partial charge is 0.332 e. The molecular weight excluding hydrogens is 534 g/mol. The number of amides is 2. The molecule has 1 atom stereocenters. The van der Waals surface area contributed by atoms with Gasteiger partial charge in [-0.2, -0.15) is 5.48 Å². The highest BCUT2D eigenvalue weighted by Crippen LogP contribution is 2.44. The maximum atomic E-state index is 12.9. The number of nitrogens with zero attached hydrogens (tertiary/aromatic N) is 2. The quantitative estimate of drug-likeness (QED) is 0.349. The summed E-state index contributed by atoms with van der Waals surface area (Å²) in [6.45, 7) is 1.45. The summed E-state index contributed by atoms with van der Waals surface area (Å²) in [4.78, 5) is 44.2. The van der Waals surface area contributed by atoms with Crippen molar-refractivity contribution in [3.8, 4) is 23.7 Å². The average molecular weight is 565 g/mol. The lowest BCUT2D eigenvalue weighted by Crippen LogP contribution is -2.52. The molecule has 1 aromatic heterocycles. The number of aryl methyl sites for hydroxylation is 1. The molecule has 2 aliphatic rings. The Hall–Kier alpha value is -4.06. The Balaban J connectivity index is 1.32. The number of aromatic nitrogens is 1. The van der Waals surface area contributed by atoms with E-state index in [0.29, 0.717) is 17.7 Å². The second-order valence-corrected chi connectivity index (χ2v) is 12.7. The lowest BCUT2D eigenvalue weighted by molar-refractivity contribution is -0.159. The van der Waals surface area contributed by atoms with Gasteiger partial charge in [-0.15, -0.1) is 0 Å². The van der Waals surface area contributed by atoms with Crippen LogP contribution in [0, 0.1) is 35.2 Å². The summed E-state index contributed by atoms with van der Waals surface area (Å²) in [6, 6.07) is 11.5. The molecule has 40 heavy (non-hydrogen) atoms. The molecule has 4 rings (SSSR count). The normalized spacial score (nSPS) is 16.5. The van der Waals surface area contributed by atoms with Gasteiger partial charge in [-0.25, -0.2) is 18.0 Å². The second-order valence-electron chi connectivity index (χ2n) is 10.3. The molecule has 2 heterocycles. The Labute approximate surface area is 233 Å². The number of hydroxylamine groups is 1. The van der Waals surface area contributed by atoms with Gasteiger partial charge in [0.15, 0.2) is 14.6 Å². The molecule has 0 bridgehead atoms. The minimum absolute atomic E-state index is 0.0193. The van der Waals surface area contributed by atoms with Crippen molar-refractivity contribution >= 4 is 27.7 Å². The average Bonchev–Trinajstić information content (AvgIpc) is 3.51. The highest BCUT2D eigenvalue weighted by Gasteiger charge is 2.45. The van der Waals surface area contributed by atoms with Crippen molar-refractivity contribution in [2.24, 2.45) is 5.41 Å². The standard InChI is InChI=1S/C29H30N3O7S/c1-28(40(2,37)38,26(35)30-39-25(34)12-11-22-8-4-3-5-9-22)16-17-31-20-24-18-23(19-32(24)27(31)36)10-6-7-13-29(21-33)14-15-29/h3-5,8,18-19,33H,11-12,14-17,20-21H2,1-2H3,(H,30,35)/t28-/m1/s1. The Morgan fingerprint density at radius 1 is 1.27 bits per heavy atom. The number of hydrogen-bond acceptors (Lipinski definition) is 7. The Morgan fingerprint density at radius 3 is 2.67 bits per heavy atom. The number of hydrogen-bond donors (Lipinski definition) is 2. The first-order chi connectivity index (χ1) is 19.0. The lowest BCUT2D eigenvalue weighted by Gasteiger charge is -2.28. The van der Waals surface area contributed by atoms with Gasteiger partial charge in [0.25, 0.3) is 5.91 Å². The van der Waals surface area contributed by atoms with Crippen LogP contribution >= 0.6 is 0 Å². The molecule has 209 valence electrons. The van der Waals surface area contributed by atoms with Crippen LogP contribution in [0.2, 0.25) is 0 Å². The number of aliphatic hydroxyl groups is 1. The van der Waals surface area contributed by atoms with E-state index in [2.05, 4.69) is 29.7 Å². The van der Waals surface area contributed by atoms with Crippen LogP contribution in [0.25, 0.3) is 0 Å². The maximum absolute atomic E-state index is 12.9. The largest absolute Gasteiger partial charge is 0.395 e. The van der Waals surface area contributed by atoms with E-state index in [1.54, 1.807) is 30.5 Å². The van der Waals surface area contributed by atoms with Crippen LogP contribution in [0.1, 0.15) is 49.4 Å². The van der Waals surface area contributed by atoms with Crippen molar-refractivity contribution in [1.29, 1.82) is 0 Å². The van der Waals surface area contributed by atoms with Gasteiger partial charge in [0, 0.05) is 30.3 Å². The fraction of sp³-hybridized carbons (Fsp3) is 0.414. The van der Waals surface area contributed by atoms with Crippen LogP contribution in [-0.4, -0.2) is 65.1 Å². The summed E-state index contributed by atoms with van der Waals surface area (Å²) in [5.74, 6) is 9.66. The molecule has 11 heteroatoms. The van der Waals surface area contributed by atoms with E-state index in [-0.39, 0.29) is 44.0 Å². The first-order valence-electron chi connectivity index (χ1n) is 12.8. The van der Waals surface area contributed by atoms with Crippen molar-refractivity contribution in [1.82, 2.24) is 14.9 Å². The molecule has 1 aromatic carbocycles. The lowest BCUT2D eigenvalue weighted by atomic mass is 10.1. The van der Waals surface area contributed by atoms with Gasteiger partial charge < -0.3 is 14.8 Å². The molecule has 0 spiro atoms. The molecule has 1 aliphatic heterocycles. The number of sulfone groups is 1. The molecule has 1 aliphatic carbocycles. The number of nitrogens with one attached hydrogen (secondary N) is 1. The summed E-state index contributed by atoms with van der Waals surface area (Å²) in [7, 11) is -3.96. The van der Waals surface area contributed by atoms with Crippen LogP contribution in [0.4, 0.5) is 4.79 Å². The van der Waals surface area contributed by atoms with Gasteiger partial charge >= 0.3 is 12.0 Å². The maximum Gasteiger partial charge on any atom is 0.332 e. The molecular formula is C29H30N3O7S. The SMILES string of the molecule is C[C@@](CCN1Cc2cc(C#CC#CC3(CO)CC3)cn2C1=O)(C(=O)NOC(=O)CCc1[c]cccc1)S(C)(=O)=O. The zero-order valence-corrected chi connectivity index (χ0v) is 23.1. The number of fused-ring (bicyclic) bond motifs is 1. The van der Waals surface area contributed by atoms with E-state index >= 15 is 0 Å².